The van der Waals surface area contributed by atoms with Gasteiger partial charge in [-0.3, -0.25) is 20.2 Å². The minimum atomic E-state index is -0.434. The Morgan fingerprint density at radius 1 is 0.895 bits per heavy atom. The molecule has 1 N–H and O–H groups in total. The first kappa shape index (κ1) is 25.1. The van der Waals surface area contributed by atoms with Crippen molar-refractivity contribution in [1.29, 1.82) is 5.26 Å². The molecule has 1 atom stereocenters. The summed E-state index contributed by atoms with van der Waals surface area (Å²) in [4.78, 5) is 23.7. The van der Waals surface area contributed by atoms with Gasteiger partial charge in [-0.1, -0.05) is 42.5 Å². The number of anilines is 1. The Bertz CT molecular complexity index is 1330. The lowest BCUT2D eigenvalue weighted by Crippen LogP contribution is -2.42. The van der Waals surface area contributed by atoms with Gasteiger partial charge in [-0.2, -0.15) is 5.26 Å². The predicted octanol–water partition coefficient (Wildman–Crippen LogP) is 5.93. The van der Waals surface area contributed by atoms with Crippen molar-refractivity contribution < 1.29 is 9.53 Å². The first-order valence-corrected chi connectivity index (χ1v) is 12.8. The number of nitriles is 1. The lowest BCUT2D eigenvalue weighted by Gasteiger charge is -2.41. The molecule has 1 saturated heterocycles. The molecule has 0 aliphatic carbocycles. The summed E-state index contributed by atoms with van der Waals surface area (Å²) < 4.78 is 5.76. The monoisotopic (exact) mass is 503 g/mol. The first-order valence-electron chi connectivity index (χ1n) is 12.8. The number of nitrogens with one attached hydrogen (secondary N) is 1. The van der Waals surface area contributed by atoms with Crippen molar-refractivity contribution in [2.24, 2.45) is 0 Å². The smallest absolute Gasteiger partial charge is 0.411 e. The SMILES string of the molecule is N#Cc1cccc(C(C(c2cccnc2)c2cccnc2)N2CCC(OC(=O)Nc3ccccc3)CC2)c1. The van der Waals surface area contributed by atoms with E-state index in [0.29, 0.717) is 24.1 Å². The first-order chi connectivity index (χ1) is 18.7. The van der Waals surface area contributed by atoms with Crippen LogP contribution < -0.4 is 5.32 Å². The van der Waals surface area contributed by atoms with Gasteiger partial charge in [-0.25, -0.2) is 4.79 Å². The number of para-hydroxylation sites is 1. The largest absolute Gasteiger partial charge is 0.446 e. The van der Waals surface area contributed by atoms with Gasteiger partial charge in [0, 0.05) is 55.5 Å². The molecular weight excluding hydrogens is 474 g/mol. The number of hydrogen-bond acceptors (Lipinski definition) is 6. The molecule has 0 saturated carbocycles. The van der Waals surface area contributed by atoms with E-state index in [-0.39, 0.29) is 18.1 Å². The Balaban J connectivity index is 1.40. The van der Waals surface area contributed by atoms with Crippen LogP contribution in [0.3, 0.4) is 0 Å². The maximum atomic E-state index is 12.5. The van der Waals surface area contributed by atoms with Crippen LogP contribution in [0.15, 0.2) is 104 Å². The van der Waals surface area contributed by atoms with Crippen molar-refractivity contribution in [2.75, 3.05) is 18.4 Å². The number of nitrogens with zero attached hydrogens (tertiary/aromatic N) is 4. The van der Waals surface area contributed by atoms with Crippen LogP contribution in [0, 0.1) is 11.3 Å². The molecule has 1 aliphatic rings. The Morgan fingerprint density at radius 3 is 2.16 bits per heavy atom. The Morgan fingerprint density at radius 2 is 1.55 bits per heavy atom. The molecule has 7 heteroatoms. The quantitative estimate of drug-likeness (QED) is 0.336. The summed E-state index contributed by atoms with van der Waals surface area (Å²) in [5.41, 5.74) is 4.55. The molecule has 2 aromatic heterocycles. The maximum absolute atomic E-state index is 12.5. The predicted molar refractivity (Wildman–Crippen MR) is 145 cm³/mol. The minimum Gasteiger partial charge on any atom is -0.446 e. The van der Waals surface area contributed by atoms with Crippen LogP contribution in [0.25, 0.3) is 0 Å². The normalized spacial score (nSPS) is 14.9. The fourth-order valence-corrected chi connectivity index (χ4v) is 5.18. The highest BCUT2D eigenvalue weighted by molar-refractivity contribution is 5.84. The second-order valence-electron chi connectivity index (χ2n) is 9.36. The number of benzene rings is 2. The van der Waals surface area contributed by atoms with Crippen molar-refractivity contribution >= 4 is 11.8 Å². The van der Waals surface area contributed by atoms with Gasteiger partial charge in [-0.05, 0) is 65.9 Å². The second kappa shape index (κ2) is 12.1. The minimum absolute atomic E-state index is 0.0507. The van der Waals surface area contributed by atoms with Crippen LogP contribution in [0.5, 0.6) is 0 Å². The van der Waals surface area contributed by atoms with E-state index in [4.69, 9.17) is 4.74 Å². The summed E-state index contributed by atoms with van der Waals surface area (Å²) in [5.74, 6) is -0.0507. The van der Waals surface area contributed by atoms with E-state index in [1.807, 2.05) is 73.1 Å². The number of pyridine rings is 2. The van der Waals surface area contributed by atoms with Crippen LogP contribution in [0.1, 0.15) is 47.1 Å². The highest BCUT2D eigenvalue weighted by Crippen LogP contribution is 2.42. The highest BCUT2D eigenvalue weighted by atomic mass is 16.6. The molecule has 7 nitrogen and oxygen atoms in total. The fourth-order valence-electron chi connectivity index (χ4n) is 5.18. The molecule has 0 spiro atoms. The highest BCUT2D eigenvalue weighted by Gasteiger charge is 2.35. The van der Waals surface area contributed by atoms with Gasteiger partial charge < -0.3 is 4.74 Å². The summed E-state index contributed by atoms with van der Waals surface area (Å²) in [6.07, 6.45) is 8.18. The number of amides is 1. The van der Waals surface area contributed by atoms with Crippen molar-refractivity contribution in [3.05, 3.63) is 126 Å². The number of carbonyl (C=O) groups excluding carboxylic acids is 1. The van der Waals surface area contributed by atoms with E-state index in [9.17, 15) is 10.1 Å². The summed E-state index contributed by atoms with van der Waals surface area (Å²) in [7, 11) is 0. The average Bonchev–Trinajstić information content (AvgIpc) is 2.98. The lowest BCUT2D eigenvalue weighted by molar-refractivity contribution is 0.0408. The molecule has 3 heterocycles. The van der Waals surface area contributed by atoms with E-state index in [1.165, 1.54) is 0 Å². The van der Waals surface area contributed by atoms with E-state index < -0.39 is 6.09 Å². The molecule has 5 rings (SSSR count). The van der Waals surface area contributed by atoms with Gasteiger partial charge in [0.05, 0.1) is 11.6 Å². The van der Waals surface area contributed by atoms with E-state index >= 15 is 0 Å². The van der Waals surface area contributed by atoms with Gasteiger partial charge >= 0.3 is 6.09 Å². The van der Waals surface area contributed by atoms with E-state index in [0.717, 1.165) is 29.8 Å². The maximum Gasteiger partial charge on any atom is 0.411 e. The van der Waals surface area contributed by atoms with Gasteiger partial charge in [0.1, 0.15) is 6.10 Å². The molecule has 190 valence electrons. The Kier molecular flexibility index (Phi) is 8.02. The zero-order valence-electron chi connectivity index (χ0n) is 21.0. The molecule has 1 fully saturated rings. The molecule has 2 aromatic carbocycles. The number of hydrogen-bond donors (Lipinski definition) is 1. The molecule has 1 aliphatic heterocycles. The van der Waals surface area contributed by atoms with Crippen molar-refractivity contribution in [2.45, 2.75) is 30.9 Å². The van der Waals surface area contributed by atoms with Crippen LogP contribution >= 0.6 is 0 Å². The summed E-state index contributed by atoms with van der Waals surface area (Å²) in [6.45, 7) is 1.48. The summed E-state index contributed by atoms with van der Waals surface area (Å²) in [5, 5.41) is 12.4. The molecular formula is C31H29N5O2. The van der Waals surface area contributed by atoms with Gasteiger partial charge in [-0.15, -0.1) is 0 Å². The molecule has 4 aromatic rings. The van der Waals surface area contributed by atoms with Gasteiger partial charge in [0.15, 0.2) is 0 Å². The number of piperidine rings is 1. The third-order valence-corrected chi connectivity index (χ3v) is 6.92. The van der Waals surface area contributed by atoms with Crippen molar-refractivity contribution in [1.82, 2.24) is 14.9 Å². The molecule has 0 bridgehead atoms. The number of ether oxygens (including phenoxy) is 1. The molecule has 38 heavy (non-hydrogen) atoms. The van der Waals surface area contributed by atoms with Crippen LogP contribution in [-0.2, 0) is 4.74 Å². The molecule has 1 unspecified atom stereocenters. The van der Waals surface area contributed by atoms with Crippen LogP contribution in [0.4, 0.5) is 10.5 Å². The van der Waals surface area contributed by atoms with Crippen molar-refractivity contribution in [3.8, 4) is 6.07 Å². The molecule has 0 radical (unpaired) electrons. The molecule has 1 amide bonds. The van der Waals surface area contributed by atoms with E-state index in [1.54, 1.807) is 12.4 Å². The Hall–Kier alpha value is -4.54. The van der Waals surface area contributed by atoms with Crippen LogP contribution in [0.2, 0.25) is 0 Å². The number of aromatic nitrogens is 2. The second-order valence-corrected chi connectivity index (χ2v) is 9.36. The third kappa shape index (κ3) is 6.05. The van der Waals surface area contributed by atoms with Gasteiger partial charge in [0.2, 0.25) is 0 Å². The van der Waals surface area contributed by atoms with Gasteiger partial charge in [0.25, 0.3) is 0 Å². The fraction of sp³-hybridized carbons (Fsp3) is 0.226. The lowest BCUT2D eigenvalue weighted by atomic mass is 9.81. The zero-order valence-corrected chi connectivity index (χ0v) is 21.0. The average molecular weight is 504 g/mol. The number of likely N-dealkylation sites (tertiary alicyclic amines) is 1. The Labute approximate surface area is 222 Å². The van der Waals surface area contributed by atoms with Crippen molar-refractivity contribution in [3.63, 3.8) is 0 Å². The van der Waals surface area contributed by atoms with Crippen LogP contribution in [-0.4, -0.2) is 40.2 Å². The standard InChI is InChI=1S/C31H29N5O2/c32-20-23-7-4-8-24(19-23)30(29(25-9-5-15-33-21-25)26-10-6-16-34-22-26)36-17-13-28(14-18-36)38-31(37)35-27-11-2-1-3-12-27/h1-12,15-16,19,21-22,28-30H,13-14,17-18H2,(H,35,37). The third-order valence-electron chi connectivity index (χ3n) is 6.92. The number of rotatable bonds is 7. The summed E-state index contributed by atoms with van der Waals surface area (Å²) >= 11 is 0. The van der Waals surface area contributed by atoms with E-state index in [2.05, 4.69) is 44.5 Å². The summed E-state index contributed by atoms with van der Waals surface area (Å²) in [6, 6.07) is 27.5. The zero-order chi connectivity index (χ0) is 26.2. The number of carbonyl (C=O) groups is 1. The topological polar surface area (TPSA) is 91.1 Å².